The van der Waals surface area contributed by atoms with Gasteiger partial charge in [0.2, 0.25) is 0 Å². The van der Waals surface area contributed by atoms with Crippen LogP contribution in [0.1, 0.15) is 29.5 Å². The number of benzene rings is 1. The van der Waals surface area contributed by atoms with E-state index in [-0.39, 0.29) is 11.8 Å². The number of alkyl halides is 2. The van der Waals surface area contributed by atoms with E-state index >= 15 is 0 Å². The molecule has 1 N–H and O–H groups in total. The molecule has 1 atom stereocenters. The number of amides is 1. The Morgan fingerprint density at radius 3 is 2.72 bits per heavy atom. The van der Waals surface area contributed by atoms with E-state index in [4.69, 9.17) is 0 Å². The van der Waals surface area contributed by atoms with Gasteiger partial charge >= 0.3 is 12.7 Å². The Bertz CT molecular complexity index is 746. The first-order valence-corrected chi connectivity index (χ1v) is 8.01. The van der Waals surface area contributed by atoms with Gasteiger partial charge in [-0.2, -0.15) is 8.78 Å². The van der Waals surface area contributed by atoms with Crippen molar-refractivity contribution in [3.63, 3.8) is 0 Å². The Hall–Kier alpha value is -2.64. The maximum absolute atomic E-state index is 12.2. The lowest BCUT2D eigenvalue weighted by molar-refractivity contribution is -0.0498. The van der Waals surface area contributed by atoms with E-state index < -0.39 is 12.7 Å². The molecule has 0 radical (unpaired) electrons. The van der Waals surface area contributed by atoms with Gasteiger partial charge in [0.15, 0.2) is 0 Å². The topological polar surface area (TPSA) is 67.6 Å². The third-order valence-corrected chi connectivity index (χ3v) is 4.47. The van der Waals surface area contributed by atoms with Crippen LogP contribution in [-0.4, -0.2) is 38.8 Å². The monoisotopic (exact) mass is 351 g/mol. The molecule has 1 unspecified atom stereocenters. The SMILES string of the molecule is Cc1ncc2n1CCN(C(=O)O)C2CCc1ccc(OC(F)F)cc1. The molecule has 0 saturated heterocycles. The molecule has 134 valence electrons. The van der Waals surface area contributed by atoms with Crippen molar-refractivity contribution in [3.8, 4) is 5.75 Å². The van der Waals surface area contributed by atoms with E-state index in [1.807, 2.05) is 11.5 Å². The fourth-order valence-electron chi connectivity index (χ4n) is 3.24. The van der Waals surface area contributed by atoms with Crippen molar-refractivity contribution >= 4 is 6.09 Å². The predicted molar refractivity (Wildman–Crippen MR) is 85.8 cm³/mol. The van der Waals surface area contributed by atoms with Gasteiger partial charge in [0, 0.05) is 13.1 Å². The summed E-state index contributed by atoms with van der Waals surface area (Å²) < 4.78 is 30.7. The minimum absolute atomic E-state index is 0.109. The van der Waals surface area contributed by atoms with Crippen LogP contribution in [0.15, 0.2) is 30.5 Å². The molecule has 0 spiro atoms. The van der Waals surface area contributed by atoms with E-state index in [0.717, 1.165) is 17.1 Å². The first-order chi connectivity index (χ1) is 12.0. The fraction of sp³-hybridized carbons (Fsp3) is 0.412. The molecule has 8 heteroatoms. The molecular formula is C17H19F2N3O3. The first kappa shape index (κ1) is 17.2. The molecule has 1 aromatic heterocycles. The van der Waals surface area contributed by atoms with Gasteiger partial charge in [0.1, 0.15) is 11.6 Å². The number of aromatic nitrogens is 2. The van der Waals surface area contributed by atoms with Crippen LogP contribution < -0.4 is 4.74 Å². The van der Waals surface area contributed by atoms with Crippen molar-refractivity contribution < 1.29 is 23.4 Å². The molecule has 2 heterocycles. The number of carbonyl (C=O) groups is 1. The molecule has 25 heavy (non-hydrogen) atoms. The molecule has 3 rings (SSSR count). The zero-order valence-electron chi connectivity index (χ0n) is 13.7. The second-order valence-corrected chi connectivity index (χ2v) is 5.93. The Morgan fingerprint density at radius 1 is 1.36 bits per heavy atom. The average Bonchev–Trinajstić information content (AvgIpc) is 2.95. The largest absolute Gasteiger partial charge is 0.465 e. The lowest BCUT2D eigenvalue weighted by atomic mass is 10.0. The van der Waals surface area contributed by atoms with Gasteiger partial charge in [0.05, 0.1) is 17.9 Å². The number of hydrogen-bond acceptors (Lipinski definition) is 3. The van der Waals surface area contributed by atoms with Crippen molar-refractivity contribution in [1.82, 2.24) is 14.5 Å². The smallest absolute Gasteiger partial charge is 0.407 e. The number of carboxylic acid groups (broad SMARTS) is 1. The number of fused-ring (bicyclic) bond motifs is 1. The maximum atomic E-state index is 12.2. The van der Waals surface area contributed by atoms with Crippen LogP contribution in [0.4, 0.5) is 13.6 Å². The molecule has 6 nitrogen and oxygen atoms in total. The third kappa shape index (κ3) is 3.72. The number of nitrogens with zero attached hydrogens (tertiary/aromatic N) is 3. The minimum atomic E-state index is -2.85. The molecule has 1 aliphatic heterocycles. The molecule has 0 aliphatic carbocycles. The summed E-state index contributed by atoms with van der Waals surface area (Å²) in [5, 5.41) is 9.47. The summed E-state index contributed by atoms with van der Waals surface area (Å²) in [5.41, 5.74) is 1.82. The summed E-state index contributed by atoms with van der Waals surface area (Å²) in [5.74, 6) is 0.982. The highest BCUT2D eigenvalue weighted by molar-refractivity contribution is 5.66. The minimum Gasteiger partial charge on any atom is -0.465 e. The van der Waals surface area contributed by atoms with Crippen LogP contribution in [0.5, 0.6) is 5.75 Å². The lowest BCUT2D eigenvalue weighted by Gasteiger charge is -2.35. The number of ether oxygens (including phenoxy) is 1. The van der Waals surface area contributed by atoms with Crippen molar-refractivity contribution in [2.24, 2.45) is 0 Å². The summed E-state index contributed by atoms with van der Waals surface area (Å²) in [4.78, 5) is 17.3. The highest BCUT2D eigenvalue weighted by atomic mass is 19.3. The standard InChI is InChI=1S/C17H19F2N3O3/c1-11-20-10-15-14(22(17(23)24)9-8-21(11)15)7-4-12-2-5-13(6-3-12)25-16(18)19/h2-3,5-6,10,14,16H,4,7-9H2,1H3,(H,23,24). The number of hydrogen-bond donors (Lipinski definition) is 1. The van der Waals surface area contributed by atoms with E-state index in [2.05, 4.69) is 9.72 Å². The van der Waals surface area contributed by atoms with E-state index in [9.17, 15) is 18.7 Å². The van der Waals surface area contributed by atoms with Crippen LogP contribution in [0.3, 0.4) is 0 Å². The zero-order chi connectivity index (χ0) is 18.0. The average molecular weight is 351 g/mol. The Kier molecular flexibility index (Phi) is 4.87. The number of halogens is 2. The van der Waals surface area contributed by atoms with E-state index in [1.54, 1.807) is 18.3 Å². The molecule has 2 aromatic rings. The number of aryl methyl sites for hydroxylation is 2. The lowest BCUT2D eigenvalue weighted by Crippen LogP contribution is -2.41. The zero-order valence-corrected chi connectivity index (χ0v) is 13.7. The number of rotatable bonds is 5. The molecule has 0 bridgehead atoms. The van der Waals surface area contributed by atoms with Crippen LogP contribution in [0.2, 0.25) is 0 Å². The maximum Gasteiger partial charge on any atom is 0.407 e. The van der Waals surface area contributed by atoms with Crippen LogP contribution in [0, 0.1) is 6.92 Å². The molecule has 1 aliphatic rings. The third-order valence-electron chi connectivity index (χ3n) is 4.47. The Balaban J connectivity index is 1.72. The van der Waals surface area contributed by atoms with Crippen molar-refractivity contribution in [2.45, 2.75) is 39.0 Å². The molecular weight excluding hydrogens is 332 g/mol. The highest BCUT2D eigenvalue weighted by Crippen LogP contribution is 2.31. The van der Waals surface area contributed by atoms with Gasteiger partial charge < -0.3 is 14.4 Å². The molecule has 1 aromatic carbocycles. The van der Waals surface area contributed by atoms with Gasteiger partial charge in [-0.15, -0.1) is 0 Å². The van der Waals surface area contributed by atoms with Gasteiger partial charge in [-0.1, -0.05) is 12.1 Å². The molecule has 0 saturated carbocycles. The number of imidazole rings is 1. The summed E-state index contributed by atoms with van der Waals surface area (Å²) in [6.07, 6.45) is 1.99. The van der Waals surface area contributed by atoms with Crippen LogP contribution in [0.25, 0.3) is 0 Å². The van der Waals surface area contributed by atoms with Gasteiger partial charge in [-0.05, 0) is 37.5 Å². The molecule has 0 fully saturated rings. The molecule has 1 amide bonds. The van der Waals surface area contributed by atoms with Crippen molar-refractivity contribution in [3.05, 3.63) is 47.5 Å². The van der Waals surface area contributed by atoms with Crippen LogP contribution in [-0.2, 0) is 13.0 Å². The van der Waals surface area contributed by atoms with Crippen molar-refractivity contribution in [1.29, 1.82) is 0 Å². The Labute approximate surface area is 143 Å². The summed E-state index contributed by atoms with van der Waals surface area (Å²) in [6.45, 7) is 0.0778. The predicted octanol–water partition coefficient (Wildman–Crippen LogP) is 3.46. The van der Waals surface area contributed by atoms with E-state index in [1.165, 1.54) is 17.0 Å². The summed E-state index contributed by atoms with van der Waals surface area (Å²) >= 11 is 0. The summed E-state index contributed by atoms with van der Waals surface area (Å²) in [7, 11) is 0. The van der Waals surface area contributed by atoms with Gasteiger partial charge in [-0.3, -0.25) is 4.90 Å². The van der Waals surface area contributed by atoms with Crippen LogP contribution >= 0.6 is 0 Å². The van der Waals surface area contributed by atoms with Crippen molar-refractivity contribution in [2.75, 3.05) is 6.54 Å². The summed E-state index contributed by atoms with van der Waals surface area (Å²) in [6, 6.07) is 6.14. The second kappa shape index (κ2) is 7.08. The van der Waals surface area contributed by atoms with Gasteiger partial charge in [0.25, 0.3) is 0 Å². The first-order valence-electron chi connectivity index (χ1n) is 8.01. The highest BCUT2D eigenvalue weighted by Gasteiger charge is 2.31. The Morgan fingerprint density at radius 2 is 2.08 bits per heavy atom. The fourth-order valence-corrected chi connectivity index (χ4v) is 3.24. The van der Waals surface area contributed by atoms with E-state index in [0.29, 0.717) is 25.9 Å². The normalized spacial score (nSPS) is 16.8. The van der Waals surface area contributed by atoms with Gasteiger partial charge in [-0.25, -0.2) is 9.78 Å². The quantitative estimate of drug-likeness (QED) is 0.896. The second-order valence-electron chi connectivity index (χ2n) is 5.93.